The number of piperazine rings is 1. The summed E-state index contributed by atoms with van der Waals surface area (Å²) >= 11 is 1.69. The molecule has 6 heteroatoms. The molecule has 3 heterocycles. The van der Waals surface area contributed by atoms with Crippen molar-refractivity contribution >= 4 is 29.1 Å². The van der Waals surface area contributed by atoms with Gasteiger partial charge in [-0.2, -0.15) is 0 Å². The Balaban J connectivity index is 1.55. The molecule has 0 saturated carbocycles. The summed E-state index contributed by atoms with van der Waals surface area (Å²) in [6.45, 7) is 5.06. The molecule has 1 aliphatic rings. The van der Waals surface area contributed by atoms with Crippen molar-refractivity contribution in [1.29, 1.82) is 0 Å². The van der Waals surface area contributed by atoms with Gasteiger partial charge in [0.1, 0.15) is 5.82 Å². The van der Waals surface area contributed by atoms with Gasteiger partial charge in [0, 0.05) is 54.4 Å². The average molecular weight is 314 g/mol. The van der Waals surface area contributed by atoms with Gasteiger partial charge in [-0.3, -0.25) is 9.78 Å². The fourth-order valence-corrected chi connectivity index (χ4v) is 3.19. The molecule has 2 aromatic heterocycles. The largest absolute Gasteiger partial charge is 0.352 e. The first-order valence-electron chi connectivity index (χ1n) is 7.27. The lowest BCUT2D eigenvalue weighted by Gasteiger charge is -2.34. The van der Waals surface area contributed by atoms with Crippen molar-refractivity contribution in [3.63, 3.8) is 0 Å². The van der Waals surface area contributed by atoms with Gasteiger partial charge in [-0.25, -0.2) is 4.98 Å². The van der Waals surface area contributed by atoms with E-state index in [1.54, 1.807) is 36.0 Å². The van der Waals surface area contributed by atoms with Crippen molar-refractivity contribution in [1.82, 2.24) is 14.9 Å². The molecule has 0 atom stereocenters. The van der Waals surface area contributed by atoms with E-state index >= 15 is 0 Å². The lowest BCUT2D eigenvalue weighted by atomic mass is 10.3. The molecule has 1 fully saturated rings. The second-order valence-corrected chi connectivity index (χ2v) is 6.48. The highest BCUT2D eigenvalue weighted by molar-refractivity contribution is 7.12. The van der Waals surface area contributed by atoms with Crippen LogP contribution in [-0.2, 0) is 4.79 Å². The highest BCUT2D eigenvalue weighted by Gasteiger charge is 2.20. The zero-order valence-electron chi connectivity index (χ0n) is 12.5. The van der Waals surface area contributed by atoms with Crippen molar-refractivity contribution < 1.29 is 4.79 Å². The van der Waals surface area contributed by atoms with Gasteiger partial charge in [-0.05, 0) is 25.1 Å². The molecule has 22 heavy (non-hydrogen) atoms. The molecule has 1 aliphatic heterocycles. The van der Waals surface area contributed by atoms with E-state index in [2.05, 4.69) is 27.9 Å². The normalized spacial score (nSPS) is 15.5. The van der Waals surface area contributed by atoms with E-state index in [9.17, 15) is 4.79 Å². The summed E-state index contributed by atoms with van der Waals surface area (Å²) in [5, 5.41) is 0. The van der Waals surface area contributed by atoms with Crippen LogP contribution in [0.5, 0.6) is 0 Å². The predicted molar refractivity (Wildman–Crippen MR) is 88.9 cm³/mol. The van der Waals surface area contributed by atoms with Crippen LogP contribution >= 0.6 is 11.3 Å². The predicted octanol–water partition coefficient (Wildman–Crippen LogP) is 2.21. The van der Waals surface area contributed by atoms with E-state index in [0.717, 1.165) is 23.8 Å². The number of hydrogen-bond acceptors (Lipinski definition) is 5. The summed E-state index contributed by atoms with van der Waals surface area (Å²) in [7, 11) is 0. The minimum atomic E-state index is 0.0739. The van der Waals surface area contributed by atoms with Gasteiger partial charge in [0.2, 0.25) is 5.91 Å². The Morgan fingerprint density at radius 3 is 2.68 bits per heavy atom. The maximum absolute atomic E-state index is 12.2. The van der Waals surface area contributed by atoms with E-state index in [1.165, 1.54) is 4.88 Å². The monoisotopic (exact) mass is 314 g/mol. The number of aromatic nitrogens is 2. The first-order valence-corrected chi connectivity index (χ1v) is 8.08. The fourth-order valence-electron chi connectivity index (χ4n) is 2.41. The van der Waals surface area contributed by atoms with E-state index < -0.39 is 0 Å². The van der Waals surface area contributed by atoms with Crippen LogP contribution in [0.4, 0.5) is 5.82 Å². The topological polar surface area (TPSA) is 49.3 Å². The number of amides is 1. The zero-order chi connectivity index (χ0) is 15.4. The van der Waals surface area contributed by atoms with Gasteiger partial charge in [0.15, 0.2) is 0 Å². The second kappa shape index (κ2) is 6.70. The smallest absolute Gasteiger partial charge is 0.246 e. The van der Waals surface area contributed by atoms with Gasteiger partial charge >= 0.3 is 0 Å². The quantitative estimate of drug-likeness (QED) is 0.815. The molecule has 0 spiro atoms. The summed E-state index contributed by atoms with van der Waals surface area (Å²) in [6, 6.07) is 4.10. The van der Waals surface area contributed by atoms with Crippen molar-refractivity contribution in [2.45, 2.75) is 6.92 Å². The molecular weight excluding hydrogens is 296 g/mol. The minimum Gasteiger partial charge on any atom is -0.352 e. The van der Waals surface area contributed by atoms with Crippen LogP contribution in [0, 0.1) is 6.92 Å². The Bertz CT molecular complexity index is 660. The Morgan fingerprint density at radius 2 is 2.05 bits per heavy atom. The molecule has 0 aromatic carbocycles. The summed E-state index contributed by atoms with van der Waals surface area (Å²) in [5.41, 5.74) is 0. The van der Waals surface area contributed by atoms with Crippen LogP contribution in [0.15, 0.2) is 36.8 Å². The Kier molecular flexibility index (Phi) is 4.48. The van der Waals surface area contributed by atoms with Crippen molar-refractivity contribution in [3.8, 4) is 0 Å². The van der Waals surface area contributed by atoms with Crippen LogP contribution in [0.2, 0.25) is 0 Å². The third-order valence-electron chi connectivity index (χ3n) is 3.62. The van der Waals surface area contributed by atoms with Crippen LogP contribution < -0.4 is 4.90 Å². The molecule has 2 aromatic rings. The van der Waals surface area contributed by atoms with Crippen molar-refractivity contribution in [2.24, 2.45) is 0 Å². The second-order valence-electron chi connectivity index (χ2n) is 5.16. The molecule has 0 N–H and O–H groups in total. The van der Waals surface area contributed by atoms with Crippen molar-refractivity contribution in [2.75, 3.05) is 31.1 Å². The maximum Gasteiger partial charge on any atom is 0.246 e. The molecule has 1 amide bonds. The highest BCUT2D eigenvalue weighted by Crippen LogP contribution is 2.17. The summed E-state index contributed by atoms with van der Waals surface area (Å²) in [4.78, 5) is 27.0. The maximum atomic E-state index is 12.2. The number of anilines is 1. The molecule has 114 valence electrons. The summed E-state index contributed by atoms with van der Waals surface area (Å²) in [6.07, 6.45) is 8.69. The van der Waals surface area contributed by atoms with Crippen LogP contribution in [0.25, 0.3) is 6.08 Å². The van der Waals surface area contributed by atoms with E-state index in [4.69, 9.17) is 0 Å². The minimum absolute atomic E-state index is 0.0739. The van der Waals surface area contributed by atoms with Crippen LogP contribution in [0.1, 0.15) is 9.75 Å². The molecule has 5 nitrogen and oxygen atoms in total. The standard InChI is InChI=1S/C16H18N4OS/c1-13-2-3-14(22-13)4-5-16(21)20-10-8-19(9-11-20)15-12-17-6-7-18-15/h2-7,12H,8-11H2,1H3. The van der Waals surface area contributed by atoms with E-state index in [-0.39, 0.29) is 5.91 Å². The van der Waals surface area contributed by atoms with Gasteiger partial charge in [0.25, 0.3) is 0 Å². The molecular formula is C16H18N4OS. The lowest BCUT2D eigenvalue weighted by molar-refractivity contribution is -0.126. The highest BCUT2D eigenvalue weighted by atomic mass is 32.1. The lowest BCUT2D eigenvalue weighted by Crippen LogP contribution is -2.48. The number of thiophene rings is 1. The Labute approximate surface area is 133 Å². The van der Waals surface area contributed by atoms with Crippen LogP contribution in [-0.4, -0.2) is 47.0 Å². The number of nitrogens with zero attached hydrogens (tertiary/aromatic N) is 4. The van der Waals surface area contributed by atoms with Gasteiger partial charge in [0.05, 0.1) is 6.20 Å². The van der Waals surface area contributed by atoms with E-state index in [0.29, 0.717) is 13.1 Å². The molecule has 0 unspecified atom stereocenters. The van der Waals surface area contributed by atoms with Gasteiger partial charge in [-0.1, -0.05) is 0 Å². The third kappa shape index (κ3) is 3.51. The average Bonchev–Trinajstić information content (AvgIpc) is 2.99. The first-order chi connectivity index (χ1) is 10.7. The molecule has 0 bridgehead atoms. The number of carbonyl (C=O) groups excluding carboxylic acids is 1. The van der Waals surface area contributed by atoms with Crippen LogP contribution in [0.3, 0.4) is 0 Å². The number of hydrogen-bond donors (Lipinski definition) is 0. The summed E-state index contributed by atoms with van der Waals surface area (Å²) < 4.78 is 0. The molecule has 0 aliphatic carbocycles. The number of carbonyl (C=O) groups is 1. The fraction of sp³-hybridized carbons (Fsp3) is 0.312. The SMILES string of the molecule is Cc1ccc(C=CC(=O)N2CCN(c3cnccn3)CC2)s1. The number of aryl methyl sites for hydroxylation is 1. The molecule has 1 saturated heterocycles. The third-order valence-corrected chi connectivity index (χ3v) is 4.58. The van der Waals surface area contributed by atoms with E-state index in [1.807, 2.05) is 17.0 Å². The zero-order valence-corrected chi connectivity index (χ0v) is 13.3. The molecule has 0 radical (unpaired) electrons. The Hall–Kier alpha value is -2.21. The first kappa shape index (κ1) is 14.7. The number of rotatable bonds is 3. The van der Waals surface area contributed by atoms with Crippen molar-refractivity contribution in [3.05, 3.63) is 46.6 Å². The molecule has 3 rings (SSSR count). The Morgan fingerprint density at radius 1 is 1.23 bits per heavy atom. The van der Waals surface area contributed by atoms with Gasteiger partial charge in [-0.15, -0.1) is 11.3 Å². The van der Waals surface area contributed by atoms with Gasteiger partial charge < -0.3 is 9.80 Å². The summed E-state index contributed by atoms with van der Waals surface area (Å²) in [5.74, 6) is 0.948.